The van der Waals surface area contributed by atoms with Crippen molar-refractivity contribution in [3.8, 4) is 11.4 Å². The second kappa shape index (κ2) is 8.96. The number of piperidine rings is 1. The summed E-state index contributed by atoms with van der Waals surface area (Å²) in [5, 5.41) is 8.41. The minimum atomic E-state index is -3.77. The van der Waals surface area contributed by atoms with Crippen LogP contribution in [-0.2, 0) is 14.8 Å². The average molecular weight is 491 g/mol. The number of hydrogen-bond donors (Lipinski definition) is 1. The Labute approximate surface area is 194 Å². The van der Waals surface area contributed by atoms with E-state index in [0.717, 1.165) is 30.6 Å². The summed E-state index contributed by atoms with van der Waals surface area (Å²) in [5.74, 6) is 0.0178. The number of aromatic nitrogens is 2. The zero-order chi connectivity index (χ0) is 23.0. The topological polar surface area (TPSA) is 105 Å². The molecule has 0 radical (unpaired) electrons. The van der Waals surface area contributed by atoms with Gasteiger partial charge in [0, 0.05) is 35.6 Å². The highest BCUT2D eigenvalue weighted by molar-refractivity contribution is 7.91. The van der Waals surface area contributed by atoms with Crippen molar-refractivity contribution in [2.45, 2.75) is 42.2 Å². The van der Waals surface area contributed by atoms with Gasteiger partial charge in [-0.3, -0.25) is 4.79 Å². The van der Waals surface area contributed by atoms with E-state index >= 15 is 0 Å². The van der Waals surface area contributed by atoms with E-state index in [1.54, 1.807) is 17.5 Å². The van der Waals surface area contributed by atoms with Crippen LogP contribution in [0, 0.1) is 11.7 Å². The maximum absolute atomic E-state index is 13.4. The number of rotatable bonds is 6. The highest BCUT2D eigenvalue weighted by Crippen LogP contribution is 2.37. The lowest BCUT2D eigenvalue weighted by Gasteiger charge is -2.30. The molecular formula is C22H23FN4O4S2. The highest BCUT2D eigenvalue weighted by atomic mass is 32.2. The van der Waals surface area contributed by atoms with Crippen molar-refractivity contribution in [3.63, 3.8) is 0 Å². The van der Waals surface area contributed by atoms with E-state index in [1.165, 1.54) is 22.5 Å². The van der Waals surface area contributed by atoms with Crippen molar-refractivity contribution < 1.29 is 22.1 Å². The maximum atomic E-state index is 13.4. The number of hydrogen-bond acceptors (Lipinski definition) is 7. The normalized spacial score (nSPS) is 19.8. The van der Waals surface area contributed by atoms with Crippen LogP contribution in [-0.4, -0.2) is 41.9 Å². The van der Waals surface area contributed by atoms with Crippen LogP contribution in [0.3, 0.4) is 0 Å². The number of amides is 1. The van der Waals surface area contributed by atoms with Crippen LogP contribution in [0.4, 0.5) is 10.1 Å². The molecule has 3 aromatic rings. The Morgan fingerprint density at radius 1 is 1.21 bits per heavy atom. The number of sulfonamides is 1. The molecule has 3 heterocycles. The van der Waals surface area contributed by atoms with Crippen molar-refractivity contribution >= 4 is 33.0 Å². The smallest absolute Gasteiger partial charge is 0.252 e. The molecule has 1 amide bonds. The highest BCUT2D eigenvalue weighted by Gasteiger charge is 2.34. The van der Waals surface area contributed by atoms with Gasteiger partial charge in [-0.15, -0.1) is 11.3 Å². The third-order valence-electron chi connectivity index (χ3n) is 6.17. The molecule has 1 aliphatic heterocycles. The summed E-state index contributed by atoms with van der Waals surface area (Å²) in [4.78, 5) is 17.1. The predicted octanol–water partition coefficient (Wildman–Crippen LogP) is 4.24. The predicted molar refractivity (Wildman–Crippen MR) is 121 cm³/mol. The van der Waals surface area contributed by atoms with Crippen molar-refractivity contribution in [1.29, 1.82) is 0 Å². The zero-order valence-corrected chi connectivity index (χ0v) is 19.4. The first kappa shape index (κ1) is 22.2. The van der Waals surface area contributed by atoms with E-state index in [9.17, 15) is 17.6 Å². The summed E-state index contributed by atoms with van der Waals surface area (Å²) < 4.78 is 46.8. The van der Waals surface area contributed by atoms with Crippen LogP contribution in [0.2, 0.25) is 0 Å². The third kappa shape index (κ3) is 4.57. The van der Waals surface area contributed by atoms with Gasteiger partial charge in [-0.1, -0.05) is 17.6 Å². The molecule has 1 aromatic carbocycles. The van der Waals surface area contributed by atoms with E-state index < -0.39 is 21.8 Å². The van der Waals surface area contributed by atoms with Gasteiger partial charge in [-0.05, 0) is 49.9 Å². The Bertz CT molecular complexity index is 1270. The van der Waals surface area contributed by atoms with E-state index in [-0.39, 0.29) is 16.7 Å². The molecule has 33 heavy (non-hydrogen) atoms. The molecular weight excluding hydrogens is 467 g/mol. The molecule has 1 atom stereocenters. The molecule has 8 nitrogen and oxygen atoms in total. The van der Waals surface area contributed by atoms with Gasteiger partial charge in [0.05, 0.1) is 5.92 Å². The molecule has 11 heteroatoms. The van der Waals surface area contributed by atoms with Gasteiger partial charge in [0.1, 0.15) is 10.0 Å². The number of benzene rings is 1. The van der Waals surface area contributed by atoms with Crippen molar-refractivity contribution in [1.82, 2.24) is 14.4 Å². The summed E-state index contributed by atoms with van der Waals surface area (Å²) in [6.07, 6.45) is 4.35. The standard InChI is InChI=1S/C22H23FN4O4S2/c23-17-7-2-8-18(11-17)24-21(28)15-6-3-9-27(12-15)33(29,30)19-10-16(13-32-19)20-25-22(31-26-20)14-4-1-5-14/h2,7-8,10-11,13-15H,1,3-6,9,12H2,(H,24,28). The van der Waals surface area contributed by atoms with Crippen LogP contribution in [0.5, 0.6) is 0 Å². The fraction of sp³-hybridized carbons (Fsp3) is 0.409. The van der Waals surface area contributed by atoms with Crippen LogP contribution in [0.15, 0.2) is 44.4 Å². The van der Waals surface area contributed by atoms with Gasteiger partial charge in [-0.25, -0.2) is 12.8 Å². The van der Waals surface area contributed by atoms with Gasteiger partial charge in [0.25, 0.3) is 10.0 Å². The molecule has 5 rings (SSSR count). The third-order valence-corrected chi connectivity index (χ3v) is 9.45. The molecule has 1 N–H and O–H groups in total. The molecule has 0 spiro atoms. The average Bonchev–Trinajstić information content (AvgIpc) is 3.43. The van der Waals surface area contributed by atoms with Gasteiger partial charge in [0.2, 0.25) is 17.6 Å². The van der Waals surface area contributed by atoms with Crippen LogP contribution in [0.1, 0.15) is 43.9 Å². The van der Waals surface area contributed by atoms with E-state index in [2.05, 4.69) is 15.5 Å². The lowest BCUT2D eigenvalue weighted by atomic mass is 9.85. The molecule has 2 fully saturated rings. The Kier molecular flexibility index (Phi) is 6.02. The Morgan fingerprint density at radius 2 is 2.06 bits per heavy atom. The molecule has 174 valence electrons. The number of carbonyl (C=O) groups excluding carboxylic acids is 1. The number of carbonyl (C=O) groups is 1. The summed E-state index contributed by atoms with van der Waals surface area (Å²) in [5.41, 5.74) is 0.953. The Hall–Kier alpha value is -2.63. The first-order valence-electron chi connectivity index (χ1n) is 10.9. The van der Waals surface area contributed by atoms with Crippen LogP contribution < -0.4 is 5.32 Å². The van der Waals surface area contributed by atoms with Gasteiger partial charge in [-0.2, -0.15) is 9.29 Å². The van der Waals surface area contributed by atoms with E-state index in [0.29, 0.717) is 48.3 Å². The second-order valence-electron chi connectivity index (χ2n) is 8.44. The largest absolute Gasteiger partial charge is 0.339 e. The molecule has 2 aliphatic rings. The fourth-order valence-electron chi connectivity index (χ4n) is 4.06. The lowest BCUT2D eigenvalue weighted by molar-refractivity contribution is -0.120. The summed E-state index contributed by atoms with van der Waals surface area (Å²) in [6.45, 7) is 0.415. The van der Waals surface area contributed by atoms with E-state index in [1.807, 2.05) is 0 Å². The number of anilines is 1. The zero-order valence-electron chi connectivity index (χ0n) is 17.7. The number of nitrogens with one attached hydrogen (secondary N) is 1. The van der Waals surface area contributed by atoms with Crippen LogP contribution in [0.25, 0.3) is 11.4 Å². The van der Waals surface area contributed by atoms with Gasteiger partial charge < -0.3 is 9.84 Å². The molecule has 0 bridgehead atoms. The van der Waals surface area contributed by atoms with Crippen molar-refractivity contribution in [3.05, 3.63) is 47.4 Å². The van der Waals surface area contributed by atoms with Crippen molar-refractivity contribution in [2.24, 2.45) is 5.92 Å². The maximum Gasteiger partial charge on any atom is 0.252 e. The van der Waals surface area contributed by atoms with E-state index in [4.69, 9.17) is 4.52 Å². The molecule has 1 aliphatic carbocycles. The quantitative estimate of drug-likeness (QED) is 0.554. The Morgan fingerprint density at radius 3 is 2.82 bits per heavy atom. The molecule has 1 unspecified atom stereocenters. The molecule has 1 saturated carbocycles. The van der Waals surface area contributed by atoms with Crippen molar-refractivity contribution in [2.75, 3.05) is 18.4 Å². The minimum absolute atomic E-state index is 0.0742. The lowest BCUT2D eigenvalue weighted by Crippen LogP contribution is -2.43. The monoisotopic (exact) mass is 490 g/mol. The summed E-state index contributed by atoms with van der Waals surface area (Å²) in [6, 6.07) is 7.20. The minimum Gasteiger partial charge on any atom is -0.339 e. The second-order valence-corrected chi connectivity index (χ2v) is 11.5. The molecule has 2 aromatic heterocycles. The Balaban J connectivity index is 1.28. The number of thiophene rings is 1. The summed E-state index contributed by atoms with van der Waals surface area (Å²) in [7, 11) is -3.77. The van der Waals surface area contributed by atoms with Crippen LogP contribution >= 0.6 is 11.3 Å². The molecule has 1 saturated heterocycles. The van der Waals surface area contributed by atoms with Gasteiger partial charge in [0.15, 0.2) is 0 Å². The SMILES string of the molecule is O=C(Nc1cccc(F)c1)C1CCCN(S(=O)(=O)c2cc(-c3noc(C4CCC4)n3)cs2)C1. The number of halogens is 1. The summed E-state index contributed by atoms with van der Waals surface area (Å²) >= 11 is 1.10. The first-order valence-corrected chi connectivity index (χ1v) is 13.2. The fourth-order valence-corrected chi connectivity index (χ4v) is 6.89. The first-order chi connectivity index (χ1) is 15.9. The number of nitrogens with zero attached hydrogens (tertiary/aromatic N) is 3. The van der Waals surface area contributed by atoms with Gasteiger partial charge >= 0.3 is 0 Å².